The van der Waals surface area contributed by atoms with Crippen LogP contribution in [0.25, 0.3) is 0 Å². The first kappa shape index (κ1) is 16.1. The second kappa shape index (κ2) is 8.23. The summed E-state index contributed by atoms with van der Waals surface area (Å²) in [4.78, 5) is 16.4. The fourth-order valence-electron chi connectivity index (χ4n) is 1.62. The number of nitrogens with zero attached hydrogens (tertiary/aromatic N) is 2. The van der Waals surface area contributed by atoms with E-state index in [1.807, 2.05) is 36.5 Å². The Morgan fingerprint density at radius 2 is 1.86 bits per heavy atom. The van der Waals surface area contributed by atoms with Crippen LogP contribution < -0.4 is 5.32 Å². The molecule has 0 fully saturated rings. The molecule has 2 aromatic rings. The summed E-state index contributed by atoms with van der Waals surface area (Å²) in [6, 6.07) is 15.9. The lowest BCUT2D eigenvalue weighted by molar-refractivity contribution is 0.102. The van der Waals surface area contributed by atoms with Crippen LogP contribution in [0.15, 0.2) is 59.6 Å². The first-order chi connectivity index (χ1) is 10.7. The van der Waals surface area contributed by atoms with E-state index < -0.39 is 0 Å². The molecule has 0 aliphatic heterocycles. The summed E-state index contributed by atoms with van der Waals surface area (Å²) >= 11 is 6.98. The minimum atomic E-state index is -0.0535. The monoisotopic (exact) mass is 329 g/mol. The maximum Gasteiger partial charge on any atom is 0.183 e. The summed E-state index contributed by atoms with van der Waals surface area (Å²) in [5.74, 6) is 0.129. The number of hydrogen-bond donors (Lipinski definition) is 1. The zero-order valence-corrected chi connectivity index (χ0v) is 13.1. The molecule has 2 aromatic carbocycles. The molecule has 110 valence electrons. The van der Waals surface area contributed by atoms with Crippen molar-refractivity contribution < 1.29 is 4.79 Å². The molecule has 0 spiro atoms. The van der Waals surface area contributed by atoms with Gasteiger partial charge in [0.25, 0.3) is 0 Å². The van der Waals surface area contributed by atoms with Gasteiger partial charge in [0.1, 0.15) is 0 Å². The third kappa shape index (κ3) is 4.92. The quantitative estimate of drug-likeness (QED) is 0.302. The zero-order valence-electron chi connectivity index (χ0n) is 11.5. The number of thioether (sulfide) groups is 1. The fraction of sp³-hybridized carbons (Fsp3) is 0.0625. The number of Topliss-reactive ketones (excluding diaryl/α,β-unsaturated/α-hetero) is 1. The predicted molar refractivity (Wildman–Crippen MR) is 90.5 cm³/mol. The van der Waals surface area contributed by atoms with Gasteiger partial charge in [-0.2, -0.15) is 5.26 Å². The van der Waals surface area contributed by atoms with Crippen LogP contribution in [-0.2, 0) is 0 Å². The highest BCUT2D eigenvalue weighted by Gasteiger charge is 2.09. The van der Waals surface area contributed by atoms with Crippen molar-refractivity contribution >= 4 is 40.0 Å². The Balaban J connectivity index is 2.03. The van der Waals surface area contributed by atoms with Gasteiger partial charge in [-0.15, -0.1) is 0 Å². The summed E-state index contributed by atoms with van der Waals surface area (Å²) in [6.07, 6.45) is 1.83. The smallest absolute Gasteiger partial charge is 0.183 e. The molecule has 0 amide bonds. The third-order valence-corrected chi connectivity index (χ3v) is 3.78. The molecule has 0 aromatic heterocycles. The van der Waals surface area contributed by atoms with Crippen LogP contribution in [-0.4, -0.2) is 16.7 Å². The van der Waals surface area contributed by atoms with E-state index in [1.54, 1.807) is 24.3 Å². The topological polar surface area (TPSA) is 65.2 Å². The van der Waals surface area contributed by atoms with E-state index >= 15 is 0 Å². The molecular formula is C16H12ClN3OS. The molecule has 0 saturated carbocycles. The lowest BCUT2D eigenvalue weighted by Gasteiger charge is -2.04. The molecule has 0 radical (unpaired) electrons. The predicted octanol–water partition coefficient (Wildman–Crippen LogP) is 4.01. The number of nitrogens with one attached hydrogen (secondary N) is 1. The summed E-state index contributed by atoms with van der Waals surface area (Å²) in [5, 5.41) is 12.2. The number of rotatable bonds is 4. The van der Waals surface area contributed by atoms with E-state index in [0.717, 1.165) is 0 Å². The number of ketones is 1. The number of aliphatic imine (C=N–C) groups is 1. The number of carbonyl (C=O) groups is 1. The van der Waals surface area contributed by atoms with Gasteiger partial charge in [-0.3, -0.25) is 10.1 Å². The largest absolute Gasteiger partial charge is 0.293 e. The Bertz CT molecular complexity index is 708. The second-order valence-corrected chi connectivity index (χ2v) is 5.61. The van der Waals surface area contributed by atoms with Crippen molar-refractivity contribution in [1.82, 2.24) is 5.32 Å². The minimum absolute atomic E-state index is 0.0535. The molecule has 0 bridgehead atoms. The summed E-state index contributed by atoms with van der Waals surface area (Å²) < 4.78 is 0. The molecule has 0 aliphatic rings. The van der Waals surface area contributed by atoms with Crippen molar-refractivity contribution in [2.45, 2.75) is 0 Å². The molecule has 0 heterocycles. The second-order valence-electron chi connectivity index (χ2n) is 4.21. The molecule has 2 rings (SSSR count). The van der Waals surface area contributed by atoms with E-state index in [1.165, 1.54) is 11.8 Å². The van der Waals surface area contributed by atoms with Crippen LogP contribution in [0.2, 0.25) is 5.02 Å². The number of amidine groups is 1. The lowest BCUT2D eigenvalue weighted by Crippen LogP contribution is -2.16. The van der Waals surface area contributed by atoms with E-state index in [9.17, 15) is 4.79 Å². The molecule has 22 heavy (non-hydrogen) atoms. The molecular weight excluding hydrogens is 318 g/mol. The number of nitriles is 1. The number of hydrogen-bond acceptors (Lipinski definition) is 4. The van der Waals surface area contributed by atoms with Crippen LogP contribution in [0.1, 0.15) is 10.4 Å². The zero-order chi connectivity index (χ0) is 15.8. The van der Waals surface area contributed by atoms with Crippen LogP contribution >= 0.6 is 23.4 Å². The molecule has 6 heteroatoms. The third-order valence-electron chi connectivity index (χ3n) is 2.66. The van der Waals surface area contributed by atoms with Crippen molar-refractivity contribution in [2.75, 3.05) is 5.75 Å². The van der Waals surface area contributed by atoms with Gasteiger partial charge >= 0.3 is 0 Å². The average Bonchev–Trinajstić information content (AvgIpc) is 2.54. The number of carbonyl (C=O) groups excluding carboxylic acids is 1. The minimum Gasteiger partial charge on any atom is -0.293 e. The molecule has 0 atom stereocenters. The molecule has 0 saturated heterocycles. The summed E-state index contributed by atoms with van der Waals surface area (Å²) in [7, 11) is 0. The van der Waals surface area contributed by atoms with Crippen LogP contribution in [0.4, 0.5) is 5.69 Å². The van der Waals surface area contributed by atoms with E-state index in [4.69, 9.17) is 16.9 Å². The number of para-hydroxylation sites is 1. The first-order valence-electron chi connectivity index (χ1n) is 6.39. The Labute approximate surface area is 137 Å². The SMILES string of the molecule is N#CNC(=Nc1ccccc1)SCC(=O)c1ccc(Cl)cc1. The number of benzene rings is 2. The van der Waals surface area contributed by atoms with E-state index in [2.05, 4.69) is 10.3 Å². The Kier molecular flexibility index (Phi) is 6.01. The van der Waals surface area contributed by atoms with Crippen molar-refractivity contribution in [3.8, 4) is 6.19 Å². The molecule has 1 N–H and O–H groups in total. The standard InChI is InChI=1S/C16H12ClN3OS/c17-13-8-6-12(7-9-13)15(21)10-22-16(19-11-18)20-14-4-2-1-3-5-14/h1-9H,10H2,(H,19,20). The summed E-state index contributed by atoms with van der Waals surface area (Å²) in [6.45, 7) is 0. The normalized spacial score (nSPS) is 10.8. The highest BCUT2D eigenvalue weighted by Crippen LogP contribution is 2.16. The van der Waals surface area contributed by atoms with Crippen LogP contribution in [0, 0.1) is 11.5 Å². The summed E-state index contributed by atoms with van der Waals surface area (Å²) in [5.41, 5.74) is 1.29. The highest BCUT2D eigenvalue weighted by atomic mass is 35.5. The Morgan fingerprint density at radius 3 is 2.50 bits per heavy atom. The van der Waals surface area contributed by atoms with Gasteiger partial charge in [0.05, 0.1) is 11.4 Å². The van der Waals surface area contributed by atoms with Gasteiger partial charge in [-0.1, -0.05) is 41.6 Å². The van der Waals surface area contributed by atoms with Gasteiger partial charge < -0.3 is 0 Å². The first-order valence-corrected chi connectivity index (χ1v) is 7.76. The average molecular weight is 330 g/mol. The van der Waals surface area contributed by atoms with Crippen LogP contribution in [0.5, 0.6) is 0 Å². The van der Waals surface area contributed by atoms with E-state index in [0.29, 0.717) is 21.4 Å². The van der Waals surface area contributed by atoms with Crippen molar-refractivity contribution in [1.29, 1.82) is 5.26 Å². The van der Waals surface area contributed by atoms with Gasteiger partial charge in [-0.25, -0.2) is 4.99 Å². The van der Waals surface area contributed by atoms with E-state index in [-0.39, 0.29) is 11.5 Å². The van der Waals surface area contributed by atoms with Gasteiger partial charge in [-0.05, 0) is 36.4 Å². The maximum atomic E-state index is 12.1. The van der Waals surface area contributed by atoms with Crippen molar-refractivity contribution in [3.63, 3.8) is 0 Å². The van der Waals surface area contributed by atoms with Gasteiger partial charge in [0, 0.05) is 10.6 Å². The Hall–Kier alpha value is -2.29. The molecule has 0 aliphatic carbocycles. The van der Waals surface area contributed by atoms with Crippen LogP contribution in [0.3, 0.4) is 0 Å². The maximum absolute atomic E-state index is 12.1. The Morgan fingerprint density at radius 1 is 1.18 bits per heavy atom. The van der Waals surface area contributed by atoms with Crippen molar-refractivity contribution in [2.24, 2.45) is 4.99 Å². The van der Waals surface area contributed by atoms with Crippen molar-refractivity contribution in [3.05, 3.63) is 65.2 Å². The highest BCUT2D eigenvalue weighted by molar-refractivity contribution is 8.14. The van der Waals surface area contributed by atoms with Gasteiger partial charge in [0.15, 0.2) is 17.1 Å². The lowest BCUT2D eigenvalue weighted by atomic mass is 10.1. The fourth-order valence-corrected chi connectivity index (χ4v) is 2.47. The van der Waals surface area contributed by atoms with Gasteiger partial charge in [0.2, 0.25) is 0 Å². The molecule has 4 nitrogen and oxygen atoms in total. The number of halogens is 1. The molecule has 0 unspecified atom stereocenters.